The lowest BCUT2D eigenvalue weighted by molar-refractivity contribution is -0.115. The third-order valence-electron chi connectivity index (χ3n) is 3.23. The number of benzene rings is 2. The number of hydrogen-bond acceptors (Lipinski definition) is 3. The second kappa shape index (κ2) is 7.11. The molecule has 3 aromatic rings. The zero-order valence-electron chi connectivity index (χ0n) is 12.2. The SMILES string of the molecule is O=C(Cc1c(F)cccc1Cl)Nc1n[nH]c(-c2cccc(Br)c2)n1. The Morgan fingerprint density at radius 2 is 2.08 bits per heavy atom. The fraction of sp³-hybridized carbons (Fsp3) is 0.0625. The Balaban J connectivity index is 1.72. The maximum atomic E-state index is 13.7. The van der Waals surface area contributed by atoms with Crippen molar-refractivity contribution in [2.45, 2.75) is 6.42 Å². The molecule has 0 aliphatic carbocycles. The standard InChI is InChI=1S/C16H11BrClFN4O/c17-10-4-1-3-9(7-10)15-21-16(23-22-15)20-14(24)8-11-12(18)5-2-6-13(11)19/h1-7H,8H2,(H2,20,21,22,23,24). The van der Waals surface area contributed by atoms with Crippen LogP contribution < -0.4 is 5.32 Å². The van der Waals surface area contributed by atoms with Crippen molar-refractivity contribution in [3.8, 4) is 11.4 Å². The Morgan fingerprint density at radius 1 is 1.29 bits per heavy atom. The molecular formula is C16H11BrClFN4O. The van der Waals surface area contributed by atoms with Gasteiger partial charge in [0.05, 0.1) is 6.42 Å². The van der Waals surface area contributed by atoms with E-state index in [1.165, 1.54) is 18.2 Å². The van der Waals surface area contributed by atoms with Crippen LogP contribution in [0.2, 0.25) is 5.02 Å². The van der Waals surface area contributed by atoms with Crippen LogP contribution in [0.3, 0.4) is 0 Å². The number of rotatable bonds is 4. The van der Waals surface area contributed by atoms with Crippen molar-refractivity contribution in [3.05, 3.63) is 63.3 Å². The number of nitrogens with one attached hydrogen (secondary N) is 2. The Hall–Kier alpha value is -2.25. The summed E-state index contributed by atoms with van der Waals surface area (Å²) in [7, 11) is 0. The van der Waals surface area contributed by atoms with Crippen molar-refractivity contribution in [2.24, 2.45) is 0 Å². The third kappa shape index (κ3) is 3.80. The van der Waals surface area contributed by atoms with E-state index in [0.717, 1.165) is 10.0 Å². The van der Waals surface area contributed by atoms with Crippen molar-refractivity contribution in [3.63, 3.8) is 0 Å². The highest BCUT2D eigenvalue weighted by molar-refractivity contribution is 9.10. The van der Waals surface area contributed by atoms with Gasteiger partial charge in [0.25, 0.3) is 0 Å². The molecule has 1 aromatic heterocycles. The van der Waals surface area contributed by atoms with Crippen LogP contribution in [0.5, 0.6) is 0 Å². The monoisotopic (exact) mass is 408 g/mol. The Labute approximate surface area is 150 Å². The summed E-state index contributed by atoms with van der Waals surface area (Å²) in [5, 5.41) is 9.41. The molecule has 0 unspecified atom stereocenters. The molecular weight excluding hydrogens is 399 g/mol. The molecule has 1 amide bonds. The van der Waals surface area contributed by atoms with Gasteiger partial charge in [-0.05, 0) is 24.3 Å². The molecule has 0 aliphatic rings. The summed E-state index contributed by atoms with van der Waals surface area (Å²) in [6, 6.07) is 11.7. The van der Waals surface area contributed by atoms with Gasteiger partial charge in [-0.3, -0.25) is 15.2 Å². The molecule has 8 heteroatoms. The van der Waals surface area contributed by atoms with Gasteiger partial charge in [-0.1, -0.05) is 45.7 Å². The number of carbonyl (C=O) groups is 1. The predicted octanol–water partition coefficient (Wildman–Crippen LogP) is 4.21. The minimum absolute atomic E-state index is 0.113. The topological polar surface area (TPSA) is 70.7 Å². The molecule has 0 fully saturated rings. The lowest BCUT2D eigenvalue weighted by atomic mass is 10.1. The molecule has 0 spiro atoms. The molecule has 1 heterocycles. The van der Waals surface area contributed by atoms with Crippen molar-refractivity contribution in [1.29, 1.82) is 0 Å². The number of hydrogen-bond donors (Lipinski definition) is 2. The van der Waals surface area contributed by atoms with Gasteiger partial charge < -0.3 is 0 Å². The van der Waals surface area contributed by atoms with E-state index in [4.69, 9.17) is 11.6 Å². The van der Waals surface area contributed by atoms with Crippen LogP contribution >= 0.6 is 27.5 Å². The highest BCUT2D eigenvalue weighted by Gasteiger charge is 2.14. The molecule has 0 aliphatic heterocycles. The zero-order chi connectivity index (χ0) is 17.1. The van der Waals surface area contributed by atoms with E-state index < -0.39 is 11.7 Å². The fourth-order valence-electron chi connectivity index (χ4n) is 2.11. The first-order chi connectivity index (χ1) is 11.5. The average Bonchev–Trinajstić information content (AvgIpc) is 2.99. The van der Waals surface area contributed by atoms with Gasteiger partial charge in [0, 0.05) is 20.6 Å². The molecule has 3 rings (SSSR count). The van der Waals surface area contributed by atoms with Crippen LogP contribution in [-0.2, 0) is 11.2 Å². The highest BCUT2D eigenvalue weighted by Crippen LogP contribution is 2.21. The van der Waals surface area contributed by atoms with Crippen LogP contribution in [0.4, 0.5) is 10.3 Å². The second-order valence-electron chi connectivity index (χ2n) is 4.94. The van der Waals surface area contributed by atoms with E-state index in [-0.39, 0.29) is 23.0 Å². The van der Waals surface area contributed by atoms with E-state index in [1.54, 1.807) is 0 Å². The highest BCUT2D eigenvalue weighted by atomic mass is 79.9. The molecule has 122 valence electrons. The van der Waals surface area contributed by atoms with Gasteiger partial charge in [-0.2, -0.15) is 4.98 Å². The number of aromatic amines is 1. The van der Waals surface area contributed by atoms with Crippen LogP contribution in [-0.4, -0.2) is 21.1 Å². The Morgan fingerprint density at radius 3 is 2.83 bits per heavy atom. The predicted molar refractivity (Wildman–Crippen MR) is 93.3 cm³/mol. The van der Waals surface area contributed by atoms with Gasteiger partial charge in [0.2, 0.25) is 11.9 Å². The van der Waals surface area contributed by atoms with Gasteiger partial charge in [-0.15, -0.1) is 5.10 Å². The van der Waals surface area contributed by atoms with E-state index in [0.29, 0.717) is 5.82 Å². The van der Waals surface area contributed by atoms with Crippen LogP contribution in [0.1, 0.15) is 5.56 Å². The summed E-state index contributed by atoms with van der Waals surface area (Å²) < 4.78 is 14.6. The Kier molecular flexibility index (Phi) is 4.92. The number of carbonyl (C=O) groups excluding carboxylic acids is 1. The molecule has 24 heavy (non-hydrogen) atoms. The molecule has 0 saturated heterocycles. The molecule has 0 saturated carbocycles. The number of H-pyrrole nitrogens is 1. The molecule has 0 bridgehead atoms. The van der Waals surface area contributed by atoms with E-state index in [1.807, 2.05) is 24.3 Å². The fourth-order valence-corrected chi connectivity index (χ4v) is 2.74. The van der Waals surface area contributed by atoms with E-state index in [9.17, 15) is 9.18 Å². The minimum Gasteiger partial charge on any atom is -0.293 e. The normalized spacial score (nSPS) is 10.6. The van der Waals surface area contributed by atoms with Crippen molar-refractivity contribution >= 4 is 39.4 Å². The summed E-state index contributed by atoms with van der Waals surface area (Å²) >= 11 is 9.29. The number of anilines is 1. The van der Waals surface area contributed by atoms with Gasteiger partial charge >= 0.3 is 0 Å². The van der Waals surface area contributed by atoms with Crippen LogP contribution in [0.25, 0.3) is 11.4 Å². The number of amides is 1. The van der Waals surface area contributed by atoms with Crippen LogP contribution in [0, 0.1) is 5.82 Å². The first kappa shape index (κ1) is 16.6. The van der Waals surface area contributed by atoms with Crippen molar-refractivity contribution in [2.75, 3.05) is 5.32 Å². The van der Waals surface area contributed by atoms with Crippen LogP contribution in [0.15, 0.2) is 46.9 Å². The quantitative estimate of drug-likeness (QED) is 0.678. The molecule has 2 aromatic carbocycles. The maximum absolute atomic E-state index is 13.7. The lowest BCUT2D eigenvalue weighted by Crippen LogP contribution is -2.16. The first-order valence-electron chi connectivity index (χ1n) is 6.94. The number of nitrogens with zero attached hydrogens (tertiary/aromatic N) is 2. The van der Waals surface area contributed by atoms with Gasteiger partial charge in [0.15, 0.2) is 5.82 Å². The summed E-state index contributed by atoms with van der Waals surface area (Å²) in [4.78, 5) is 16.3. The first-order valence-corrected chi connectivity index (χ1v) is 8.11. The largest absolute Gasteiger partial charge is 0.293 e. The summed E-state index contributed by atoms with van der Waals surface area (Å²) in [6.45, 7) is 0. The van der Waals surface area contributed by atoms with E-state index >= 15 is 0 Å². The van der Waals surface area contributed by atoms with Gasteiger partial charge in [-0.25, -0.2) is 4.39 Å². The third-order valence-corrected chi connectivity index (χ3v) is 4.08. The minimum atomic E-state index is -0.525. The van der Waals surface area contributed by atoms with Crippen molar-refractivity contribution < 1.29 is 9.18 Å². The smallest absolute Gasteiger partial charge is 0.249 e. The second-order valence-corrected chi connectivity index (χ2v) is 6.27. The van der Waals surface area contributed by atoms with Gasteiger partial charge in [0.1, 0.15) is 5.82 Å². The summed E-state index contributed by atoms with van der Waals surface area (Å²) in [5.41, 5.74) is 0.953. The summed E-state index contributed by atoms with van der Waals surface area (Å²) in [6.07, 6.45) is -0.202. The molecule has 0 radical (unpaired) electrons. The van der Waals surface area contributed by atoms with E-state index in [2.05, 4.69) is 36.4 Å². The average molecular weight is 410 g/mol. The summed E-state index contributed by atoms with van der Waals surface area (Å²) in [5.74, 6) is -0.359. The molecule has 0 atom stereocenters. The Bertz CT molecular complexity index is 879. The number of aromatic nitrogens is 3. The molecule has 5 nitrogen and oxygen atoms in total. The lowest BCUT2D eigenvalue weighted by Gasteiger charge is -2.05. The molecule has 2 N–H and O–H groups in total. The van der Waals surface area contributed by atoms with Crippen molar-refractivity contribution in [1.82, 2.24) is 15.2 Å². The maximum Gasteiger partial charge on any atom is 0.249 e. The number of halogens is 3. The zero-order valence-corrected chi connectivity index (χ0v) is 14.5.